The van der Waals surface area contributed by atoms with E-state index in [-0.39, 0.29) is 12.8 Å². The molecule has 0 saturated carbocycles. The first-order valence-corrected chi connectivity index (χ1v) is 17.5. The van der Waals surface area contributed by atoms with Crippen molar-refractivity contribution in [3.05, 3.63) is 0 Å². The molecular formula is C20H40O6Si2. The van der Waals surface area contributed by atoms with Gasteiger partial charge in [-0.1, -0.05) is 39.3 Å². The summed E-state index contributed by atoms with van der Waals surface area (Å²) in [7, 11) is -2.71. The van der Waals surface area contributed by atoms with Crippen LogP contribution in [0.3, 0.4) is 0 Å². The minimum atomic E-state index is -1.35. The number of carbonyl (C=O) groups excluding carboxylic acids is 3. The average Bonchev–Trinajstić information content (AvgIpc) is 2.42. The molecule has 0 aliphatic rings. The van der Waals surface area contributed by atoms with Crippen molar-refractivity contribution < 1.29 is 28.6 Å². The SMILES string of the molecule is CC(C)(C)OC(=O)CCC(C(=O)OCC[Si](C)(C)C)C(=O)OCC[Si](C)(C)C. The predicted octanol–water partition coefficient (Wildman–Crippen LogP) is 4.49. The van der Waals surface area contributed by atoms with Crippen LogP contribution in [0.1, 0.15) is 33.6 Å². The topological polar surface area (TPSA) is 78.9 Å². The normalized spacial score (nSPS) is 12.6. The molecule has 8 heteroatoms. The van der Waals surface area contributed by atoms with Crippen LogP contribution >= 0.6 is 0 Å². The summed E-state index contributed by atoms with van der Waals surface area (Å²) in [5.41, 5.74) is -0.609. The summed E-state index contributed by atoms with van der Waals surface area (Å²) in [6.07, 6.45) is 0.000646. The Bertz CT molecular complexity index is 494. The van der Waals surface area contributed by atoms with Crippen LogP contribution in [0, 0.1) is 5.92 Å². The number of rotatable bonds is 11. The van der Waals surface area contributed by atoms with Crippen molar-refractivity contribution in [3.63, 3.8) is 0 Å². The molecule has 0 radical (unpaired) electrons. The molecule has 0 aliphatic carbocycles. The van der Waals surface area contributed by atoms with Crippen molar-refractivity contribution in [2.45, 2.75) is 90.6 Å². The van der Waals surface area contributed by atoms with Crippen molar-refractivity contribution in [2.24, 2.45) is 5.92 Å². The molecule has 0 amide bonds. The van der Waals surface area contributed by atoms with E-state index in [1.165, 1.54) is 0 Å². The van der Waals surface area contributed by atoms with Crippen LogP contribution in [0.2, 0.25) is 51.4 Å². The Kier molecular flexibility index (Phi) is 10.7. The van der Waals surface area contributed by atoms with Crippen LogP contribution in [0.15, 0.2) is 0 Å². The third kappa shape index (κ3) is 14.8. The highest BCUT2D eigenvalue weighted by Gasteiger charge is 2.32. The largest absolute Gasteiger partial charge is 0.465 e. The van der Waals surface area contributed by atoms with Crippen molar-refractivity contribution >= 4 is 34.1 Å². The lowest BCUT2D eigenvalue weighted by atomic mass is 10.0. The Balaban J connectivity index is 4.87. The highest BCUT2D eigenvalue weighted by Crippen LogP contribution is 2.17. The lowest BCUT2D eigenvalue weighted by molar-refractivity contribution is -0.162. The van der Waals surface area contributed by atoms with E-state index in [2.05, 4.69) is 39.3 Å². The molecule has 28 heavy (non-hydrogen) atoms. The Morgan fingerprint density at radius 2 is 1.18 bits per heavy atom. The maximum absolute atomic E-state index is 12.5. The first-order chi connectivity index (χ1) is 12.5. The average molecular weight is 433 g/mol. The second-order valence-corrected chi connectivity index (χ2v) is 21.9. The van der Waals surface area contributed by atoms with Crippen molar-refractivity contribution in [2.75, 3.05) is 13.2 Å². The molecule has 0 N–H and O–H groups in total. The van der Waals surface area contributed by atoms with E-state index in [0.29, 0.717) is 13.2 Å². The van der Waals surface area contributed by atoms with Crippen LogP contribution < -0.4 is 0 Å². The summed E-state index contributed by atoms with van der Waals surface area (Å²) >= 11 is 0. The lowest BCUT2D eigenvalue weighted by Gasteiger charge is -2.21. The monoisotopic (exact) mass is 432 g/mol. The van der Waals surface area contributed by atoms with E-state index in [0.717, 1.165) is 12.1 Å². The molecule has 0 aliphatic heterocycles. The molecule has 0 aromatic rings. The zero-order valence-corrected chi connectivity index (χ0v) is 21.3. The Hall–Kier alpha value is -1.16. The van der Waals surface area contributed by atoms with Crippen molar-refractivity contribution in [1.82, 2.24) is 0 Å². The van der Waals surface area contributed by atoms with Crippen molar-refractivity contribution in [3.8, 4) is 0 Å². The molecule has 0 rings (SSSR count). The van der Waals surface area contributed by atoms with Crippen molar-refractivity contribution in [1.29, 1.82) is 0 Å². The van der Waals surface area contributed by atoms with Gasteiger partial charge in [0.05, 0.1) is 13.2 Å². The number of carbonyl (C=O) groups is 3. The standard InChI is InChI=1S/C20H40O6Si2/c1-20(2,3)26-17(21)11-10-16(18(22)24-12-14-27(4,5)6)19(23)25-13-15-28(7,8)9/h16H,10-15H2,1-9H3. The lowest BCUT2D eigenvalue weighted by Crippen LogP contribution is -2.32. The molecular weight excluding hydrogens is 392 g/mol. The van der Waals surface area contributed by atoms with Gasteiger partial charge in [-0.15, -0.1) is 0 Å². The fraction of sp³-hybridized carbons (Fsp3) is 0.850. The summed E-state index contributed by atoms with van der Waals surface area (Å²) in [5.74, 6) is -2.75. The molecule has 0 heterocycles. The number of hydrogen-bond donors (Lipinski definition) is 0. The van der Waals surface area contributed by atoms with Crippen LogP contribution in [0.5, 0.6) is 0 Å². The van der Waals surface area contributed by atoms with Crippen LogP contribution in [-0.2, 0) is 28.6 Å². The molecule has 0 spiro atoms. The van der Waals surface area contributed by atoms with Gasteiger partial charge in [0.15, 0.2) is 5.92 Å². The third-order valence-electron chi connectivity index (χ3n) is 3.82. The fourth-order valence-electron chi connectivity index (χ4n) is 2.10. The zero-order valence-electron chi connectivity index (χ0n) is 19.3. The first-order valence-electron chi connectivity index (χ1n) is 10.1. The summed E-state index contributed by atoms with van der Waals surface area (Å²) in [6.45, 7) is 19.0. The molecule has 0 saturated heterocycles. The van der Waals surface area contributed by atoms with E-state index in [4.69, 9.17) is 14.2 Å². The minimum absolute atomic E-state index is 0.0336. The Morgan fingerprint density at radius 3 is 1.50 bits per heavy atom. The first kappa shape index (κ1) is 26.8. The van der Waals surface area contributed by atoms with E-state index < -0.39 is 45.6 Å². The molecule has 0 aromatic carbocycles. The smallest absolute Gasteiger partial charge is 0.320 e. The maximum Gasteiger partial charge on any atom is 0.320 e. The highest BCUT2D eigenvalue weighted by atomic mass is 28.3. The highest BCUT2D eigenvalue weighted by molar-refractivity contribution is 6.76. The summed E-state index contributed by atoms with van der Waals surface area (Å²) in [5, 5.41) is 0. The quantitative estimate of drug-likeness (QED) is 0.207. The molecule has 0 unspecified atom stereocenters. The van der Waals surface area contributed by atoms with Gasteiger partial charge in [-0.2, -0.15) is 0 Å². The zero-order chi connectivity index (χ0) is 22.2. The molecule has 164 valence electrons. The van der Waals surface area contributed by atoms with Crippen LogP contribution in [-0.4, -0.2) is 52.9 Å². The van der Waals surface area contributed by atoms with E-state index in [9.17, 15) is 14.4 Å². The molecule has 0 bridgehead atoms. The van der Waals surface area contributed by atoms with Gasteiger partial charge in [-0.3, -0.25) is 14.4 Å². The summed E-state index contributed by atoms with van der Waals surface area (Å²) < 4.78 is 15.9. The van der Waals surface area contributed by atoms with Gasteiger partial charge >= 0.3 is 17.9 Å². The second kappa shape index (κ2) is 11.1. The maximum atomic E-state index is 12.5. The van der Waals surface area contributed by atoms with Crippen LogP contribution in [0.4, 0.5) is 0 Å². The fourth-order valence-corrected chi connectivity index (χ4v) is 3.53. The minimum Gasteiger partial charge on any atom is -0.465 e. The second-order valence-electron chi connectivity index (χ2n) is 10.6. The molecule has 0 atom stereocenters. The molecule has 6 nitrogen and oxygen atoms in total. The number of hydrogen-bond acceptors (Lipinski definition) is 6. The summed E-state index contributed by atoms with van der Waals surface area (Å²) in [4.78, 5) is 36.9. The third-order valence-corrected chi connectivity index (χ3v) is 7.23. The van der Waals surface area contributed by atoms with Gasteiger partial charge in [0.2, 0.25) is 0 Å². The van der Waals surface area contributed by atoms with Gasteiger partial charge < -0.3 is 14.2 Å². The number of ether oxygens (including phenoxy) is 3. The van der Waals surface area contributed by atoms with Gasteiger partial charge in [0.1, 0.15) is 5.60 Å². The summed E-state index contributed by atoms with van der Waals surface area (Å²) in [6, 6.07) is 1.64. The van der Waals surface area contributed by atoms with E-state index in [1.54, 1.807) is 20.8 Å². The number of esters is 3. The van der Waals surface area contributed by atoms with Crippen LogP contribution in [0.25, 0.3) is 0 Å². The molecule has 0 fully saturated rings. The Morgan fingerprint density at radius 1 is 0.786 bits per heavy atom. The predicted molar refractivity (Wildman–Crippen MR) is 117 cm³/mol. The van der Waals surface area contributed by atoms with Gasteiger partial charge in [-0.05, 0) is 39.3 Å². The Labute approximate surface area is 172 Å². The molecule has 0 aromatic heterocycles. The van der Waals surface area contributed by atoms with Gasteiger partial charge in [-0.25, -0.2) is 0 Å². The van der Waals surface area contributed by atoms with Gasteiger partial charge in [0, 0.05) is 22.6 Å². The van der Waals surface area contributed by atoms with E-state index in [1.807, 2.05) is 0 Å². The van der Waals surface area contributed by atoms with Gasteiger partial charge in [0.25, 0.3) is 0 Å². The van der Waals surface area contributed by atoms with E-state index >= 15 is 0 Å².